The summed E-state index contributed by atoms with van der Waals surface area (Å²) < 4.78 is 5.08. The standard InChI is InChI=1S/C10H22N2O/c1-9(5-7-13-2)12-6-3-4-10(12)8-11/h9-10H,3-8,11H2,1-2H3. The molecule has 0 radical (unpaired) electrons. The Morgan fingerprint density at radius 3 is 3.00 bits per heavy atom. The molecule has 0 aromatic heterocycles. The molecule has 0 aromatic rings. The molecule has 2 N–H and O–H groups in total. The maximum absolute atomic E-state index is 5.72. The highest BCUT2D eigenvalue weighted by atomic mass is 16.5. The molecule has 1 aliphatic heterocycles. The summed E-state index contributed by atoms with van der Waals surface area (Å²) in [6.45, 7) is 5.14. The maximum Gasteiger partial charge on any atom is 0.0477 e. The van der Waals surface area contributed by atoms with Gasteiger partial charge in [-0.2, -0.15) is 0 Å². The molecule has 2 unspecified atom stereocenters. The van der Waals surface area contributed by atoms with Crippen LogP contribution in [0.15, 0.2) is 0 Å². The van der Waals surface area contributed by atoms with E-state index in [-0.39, 0.29) is 0 Å². The lowest BCUT2D eigenvalue weighted by Crippen LogP contribution is -2.41. The number of likely N-dealkylation sites (tertiary alicyclic amines) is 1. The second kappa shape index (κ2) is 5.58. The molecular formula is C10H22N2O. The van der Waals surface area contributed by atoms with Crippen LogP contribution in [0.25, 0.3) is 0 Å². The SMILES string of the molecule is COCCC(C)N1CCCC1CN. The zero-order valence-corrected chi connectivity index (χ0v) is 8.83. The van der Waals surface area contributed by atoms with Crippen molar-refractivity contribution in [1.82, 2.24) is 4.90 Å². The minimum absolute atomic E-state index is 0.617. The van der Waals surface area contributed by atoms with E-state index in [1.165, 1.54) is 19.4 Å². The van der Waals surface area contributed by atoms with Crippen LogP contribution in [-0.2, 0) is 4.74 Å². The lowest BCUT2D eigenvalue weighted by Gasteiger charge is -2.29. The molecule has 1 aliphatic rings. The highest BCUT2D eigenvalue weighted by Gasteiger charge is 2.26. The molecule has 0 spiro atoms. The molecule has 13 heavy (non-hydrogen) atoms. The molecule has 3 nitrogen and oxygen atoms in total. The zero-order chi connectivity index (χ0) is 9.68. The summed E-state index contributed by atoms with van der Waals surface area (Å²) in [5, 5.41) is 0. The summed E-state index contributed by atoms with van der Waals surface area (Å²) in [5.41, 5.74) is 5.72. The van der Waals surface area contributed by atoms with Crippen molar-refractivity contribution in [3.05, 3.63) is 0 Å². The van der Waals surface area contributed by atoms with E-state index in [0.29, 0.717) is 12.1 Å². The average Bonchev–Trinajstić information content (AvgIpc) is 2.61. The fraction of sp³-hybridized carbons (Fsp3) is 1.00. The van der Waals surface area contributed by atoms with Gasteiger partial charge in [0.05, 0.1) is 0 Å². The first-order chi connectivity index (χ1) is 6.29. The zero-order valence-electron chi connectivity index (χ0n) is 8.83. The van der Waals surface area contributed by atoms with Gasteiger partial charge in [0.15, 0.2) is 0 Å². The largest absolute Gasteiger partial charge is 0.385 e. The van der Waals surface area contributed by atoms with Gasteiger partial charge in [0.2, 0.25) is 0 Å². The van der Waals surface area contributed by atoms with E-state index in [0.717, 1.165) is 19.6 Å². The van der Waals surface area contributed by atoms with Crippen molar-refractivity contribution in [2.24, 2.45) is 5.73 Å². The van der Waals surface area contributed by atoms with Crippen LogP contribution in [0.2, 0.25) is 0 Å². The Morgan fingerprint density at radius 2 is 2.38 bits per heavy atom. The second-order valence-corrected chi connectivity index (χ2v) is 3.90. The van der Waals surface area contributed by atoms with Gasteiger partial charge in [-0.25, -0.2) is 0 Å². The number of nitrogens with two attached hydrogens (primary N) is 1. The quantitative estimate of drug-likeness (QED) is 0.691. The van der Waals surface area contributed by atoms with E-state index in [4.69, 9.17) is 10.5 Å². The van der Waals surface area contributed by atoms with Gasteiger partial charge in [-0.15, -0.1) is 0 Å². The molecule has 2 atom stereocenters. The van der Waals surface area contributed by atoms with Crippen molar-refractivity contribution < 1.29 is 4.74 Å². The molecule has 0 bridgehead atoms. The van der Waals surface area contributed by atoms with Crippen LogP contribution in [0.1, 0.15) is 26.2 Å². The smallest absolute Gasteiger partial charge is 0.0477 e. The maximum atomic E-state index is 5.72. The molecule has 0 amide bonds. The topological polar surface area (TPSA) is 38.5 Å². The minimum Gasteiger partial charge on any atom is -0.385 e. The third-order valence-corrected chi connectivity index (χ3v) is 3.00. The first-order valence-corrected chi connectivity index (χ1v) is 5.24. The monoisotopic (exact) mass is 186 g/mol. The second-order valence-electron chi connectivity index (χ2n) is 3.90. The summed E-state index contributed by atoms with van der Waals surface area (Å²) in [7, 11) is 1.76. The number of rotatable bonds is 5. The van der Waals surface area contributed by atoms with Crippen LogP contribution in [0.3, 0.4) is 0 Å². The van der Waals surface area contributed by atoms with Crippen LogP contribution in [0, 0.1) is 0 Å². The van der Waals surface area contributed by atoms with E-state index in [1.807, 2.05) is 0 Å². The third kappa shape index (κ3) is 2.93. The summed E-state index contributed by atoms with van der Waals surface area (Å²) in [6, 6.07) is 1.24. The Hall–Kier alpha value is -0.120. The lowest BCUT2D eigenvalue weighted by molar-refractivity contribution is 0.132. The highest BCUT2D eigenvalue weighted by molar-refractivity contribution is 4.83. The Kier molecular flexibility index (Phi) is 4.70. The van der Waals surface area contributed by atoms with Gasteiger partial charge in [-0.3, -0.25) is 4.90 Å². The van der Waals surface area contributed by atoms with Gasteiger partial charge in [0.1, 0.15) is 0 Å². The molecule has 1 fully saturated rings. The number of hydrogen-bond acceptors (Lipinski definition) is 3. The van der Waals surface area contributed by atoms with Crippen LogP contribution in [0.4, 0.5) is 0 Å². The first kappa shape index (κ1) is 11.0. The average molecular weight is 186 g/mol. The van der Waals surface area contributed by atoms with E-state index in [2.05, 4.69) is 11.8 Å². The van der Waals surface area contributed by atoms with Crippen LogP contribution in [-0.4, -0.2) is 43.8 Å². The highest BCUT2D eigenvalue weighted by Crippen LogP contribution is 2.20. The fourth-order valence-electron chi connectivity index (χ4n) is 2.15. The number of nitrogens with zero attached hydrogens (tertiary/aromatic N) is 1. The molecule has 1 saturated heterocycles. The Labute approximate surface area is 81.2 Å². The van der Waals surface area contributed by atoms with Gasteiger partial charge < -0.3 is 10.5 Å². The lowest BCUT2D eigenvalue weighted by atomic mass is 10.1. The van der Waals surface area contributed by atoms with Crippen molar-refractivity contribution in [1.29, 1.82) is 0 Å². The van der Waals surface area contributed by atoms with Gasteiger partial charge in [0, 0.05) is 32.3 Å². The van der Waals surface area contributed by atoms with Crippen LogP contribution in [0.5, 0.6) is 0 Å². The summed E-state index contributed by atoms with van der Waals surface area (Å²) in [4.78, 5) is 2.53. The molecule has 78 valence electrons. The van der Waals surface area contributed by atoms with Crippen molar-refractivity contribution in [2.45, 2.75) is 38.3 Å². The first-order valence-electron chi connectivity index (χ1n) is 5.24. The van der Waals surface area contributed by atoms with E-state index in [9.17, 15) is 0 Å². The van der Waals surface area contributed by atoms with E-state index >= 15 is 0 Å². The number of hydrogen-bond donors (Lipinski definition) is 1. The van der Waals surface area contributed by atoms with Crippen molar-refractivity contribution >= 4 is 0 Å². The Bertz CT molecular complexity index is 141. The van der Waals surface area contributed by atoms with Gasteiger partial charge in [-0.1, -0.05) is 0 Å². The minimum atomic E-state index is 0.617. The summed E-state index contributed by atoms with van der Waals surface area (Å²) in [6.07, 6.45) is 3.69. The summed E-state index contributed by atoms with van der Waals surface area (Å²) >= 11 is 0. The predicted octanol–water partition coefficient (Wildman–Crippen LogP) is 0.835. The molecule has 0 aliphatic carbocycles. The molecule has 1 rings (SSSR count). The summed E-state index contributed by atoms with van der Waals surface area (Å²) in [5.74, 6) is 0. The Morgan fingerprint density at radius 1 is 1.62 bits per heavy atom. The molecule has 0 aromatic carbocycles. The normalized spacial score (nSPS) is 26.5. The van der Waals surface area contributed by atoms with E-state index < -0.39 is 0 Å². The number of ether oxygens (including phenoxy) is 1. The Balaban J connectivity index is 2.31. The number of methoxy groups -OCH3 is 1. The van der Waals surface area contributed by atoms with Crippen molar-refractivity contribution in [3.8, 4) is 0 Å². The fourth-order valence-corrected chi connectivity index (χ4v) is 2.15. The van der Waals surface area contributed by atoms with Crippen molar-refractivity contribution in [2.75, 3.05) is 26.8 Å². The predicted molar refractivity (Wildman–Crippen MR) is 54.7 cm³/mol. The van der Waals surface area contributed by atoms with Gasteiger partial charge >= 0.3 is 0 Å². The molecular weight excluding hydrogens is 164 g/mol. The molecule has 1 heterocycles. The molecule has 0 saturated carbocycles. The van der Waals surface area contributed by atoms with E-state index in [1.54, 1.807) is 7.11 Å². The third-order valence-electron chi connectivity index (χ3n) is 3.00. The molecule has 3 heteroatoms. The van der Waals surface area contributed by atoms with Crippen LogP contribution >= 0.6 is 0 Å². The van der Waals surface area contributed by atoms with Gasteiger partial charge in [-0.05, 0) is 32.7 Å². The van der Waals surface area contributed by atoms with Crippen LogP contribution < -0.4 is 5.73 Å². The van der Waals surface area contributed by atoms with Gasteiger partial charge in [0.25, 0.3) is 0 Å². The van der Waals surface area contributed by atoms with Crippen molar-refractivity contribution in [3.63, 3.8) is 0 Å².